The molecule has 0 unspecified atom stereocenters. The van der Waals surface area contributed by atoms with E-state index in [1.54, 1.807) is 0 Å². The molecule has 0 radical (unpaired) electrons. The van der Waals surface area contributed by atoms with Crippen molar-refractivity contribution in [2.75, 3.05) is 33.0 Å². The first-order valence-corrected chi connectivity index (χ1v) is 5.45. The van der Waals surface area contributed by atoms with Crippen LogP contribution < -0.4 is 10.5 Å². The number of anilines is 1. The van der Waals surface area contributed by atoms with Crippen LogP contribution in [0, 0.1) is 6.92 Å². The second kappa shape index (κ2) is 5.65. The Balaban J connectivity index is 2.74. The Labute approximate surface area is 96.6 Å². The zero-order valence-corrected chi connectivity index (χ0v) is 10.4. The van der Waals surface area contributed by atoms with Gasteiger partial charge in [-0.25, -0.2) is 4.98 Å². The molecule has 1 rings (SSSR count). The van der Waals surface area contributed by atoms with Gasteiger partial charge in [-0.3, -0.25) is 0 Å². The molecule has 5 heteroatoms. The number of likely N-dealkylation sites (N-methyl/N-ethyl adjacent to an activating group) is 1. The summed E-state index contributed by atoms with van der Waals surface area (Å²) in [6.07, 6.45) is 0.758. The number of nitrogens with zero attached hydrogens (tertiary/aromatic N) is 3. The number of hydrogen-bond donors (Lipinski definition) is 1. The van der Waals surface area contributed by atoms with Crippen LogP contribution in [0.5, 0.6) is 5.88 Å². The summed E-state index contributed by atoms with van der Waals surface area (Å²) in [4.78, 5) is 10.5. The maximum absolute atomic E-state index is 5.79. The summed E-state index contributed by atoms with van der Waals surface area (Å²) in [5, 5.41) is 0. The van der Waals surface area contributed by atoms with Crippen LogP contribution in [0.15, 0.2) is 0 Å². The van der Waals surface area contributed by atoms with E-state index in [0.29, 0.717) is 18.3 Å². The average molecular weight is 224 g/mol. The highest BCUT2D eigenvalue weighted by Gasteiger charge is 2.08. The minimum absolute atomic E-state index is 0.506. The third-order valence-electron chi connectivity index (χ3n) is 2.28. The first kappa shape index (κ1) is 12.7. The largest absolute Gasteiger partial charge is 0.476 e. The fraction of sp³-hybridized carbons (Fsp3) is 0.636. The van der Waals surface area contributed by atoms with Crippen molar-refractivity contribution in [1.29, 1.82) is 0 Å². The molecule has 5 nitrogen and oxygen atoms in total. The topological polar surface area (TPSA) is 64.3 Å². The van der Waals surface area contributed by atoms with Crippen LogP contribution in [-0.2, 0) is 6.42 Å². The van der Waals surface area contributed by atoms with Gasteiger partial charge in [0.1, 0.15) is 18.2 Å². The van der Waals surface area contributed by atoms with E-state index in [9.17, 15) is 0 Å². The van der Waals surface area contributed by atoms with Crippen molar-refractivity contribution in [3.63, 3.8) is 0 Å². The highest BCUT2D eigenvalue weighted by molar-refractivity contribution is 5.44. The standard InChI is InChI=1S/C11H20N4O/c1-5-9-13-10(12)8(2)11(14-9)16-7-6-15(3)4/h5-7H2,1-4H3,(H2,12,13,14). The Morgan fingerprint density at radius 1 is 1.31 bits per heavy atom. The summed E-state index contributed by atoms with van der Waals surface area (Å²) >= 11 is 0. The number of ether oxygens (including phenoxy) is 1. The van der Waals surface area contributed by atoms with Gasteiger partial charge < -0.3 is 15.4 Å². The van der Waals surface area contributed by atoms with Gasteiger partial charge in [-0.1, -0.05) is 6.92 Å². The van der Waals surface area contributed by atoms with Gasteiger partial charge in [0, 0.05) is 13.0 Å². The molecule has 0 aliphatic heterocycles. The molecular formula is C11H20N4O. The lowest BCUT2D eigenvalue weighted by Crippen LogP contribution is -2.20. The minimum Gasteiger partial charge on any atom is -0.476 e. The molecule has 90 valence electrons. The van der Waals surface area contributed by atoms with Crippen molar-refractivity contribution < 1.29 is 4.74 Å². The van der Waals surface area contributed by atoms with Crippen molar-refractivity contribution in [2.45, 2.75) is 20.3 Å². The van der Waals surface area contributed by atoms with Gasteiger partial charge in [0.2, 0.25) is 5.88 Å². The number of nitrogens with two attached hydrogens (primary N) is 1. The average Bonchev–Trinajstić information content (AvgIpc) is 2.23. The lowest BCUT2D eigenvalue weighted by Gasteiger charge is -2.13. The van der Waals surface area contributed by atoms with E-state index in [1.165, 1.54) is 0 Å². The summed E-state index contributed by atoms with van der Waals surface area (Å²) in [5.41, 5.74) is 6.60. The van der Waals surface area contributed by atoms with E-state index in [4.69, 9.17) is 10.5 Å². The van der Waals surface area contributed by atoms with E-state index < -0.39 is 0 Å². The van der Waals surface area contributed by atoms with Crippen LogP contribution in [0.2, 0.25) is 0 Å². The fourth-order valence-electron chi connectivity index (χ4n) is 1.18. The predicted molar refractivity (Wildman–Crippen MR) is 64.6 cm³/mol. The van der Waals surface area contributed by atoms with Crippen molar-refractivity contribution in [3.8, 4) is 5.88 Å². The Kier molecular flexibility index (Phi) is 4.49. The molecule has 1 heterocycles. The first-order chi connectivity index (χ1) is 7.54. The Morgan fingerprint density at radius 3 is 2.56 bits per heavy atom. The van der Waals surface area contributed by atoms with E-state index in [1.807, 2.05) is 27.9 Å². The van der Waals surface area contributed by atoms with Crippen molar-refractivity contribution in [2.24, 2.45) is 0 Å². The van der Waals surface area contributed by atoms with Gasteiger partial charge in [0.15, 0.2) is 0 Å². The molecule has 0 saturated carbocycles. The molecule has 0 atom stereocenters. The van der Waals surface area contributed by atoms with E-state index >= 15 is 0 Å². The Hall–Kier alpha value is -1.36. The Morgan fingerprint density at radius 2 is 2.00 bits per heavy atom. The summed E-state index contributed by atoms with van der Waals surface area (Å²) in [5.74, 6) is 1.83. The van der Waals surface area contributed by atoms with E-state index in [0.717, 1.165) is 24.4 Å². The second-order valence-corrected chi connectivity index (χ2v) is 3.96. The molecule has 0 aliphatic rings. The summed E-state index contributed by atoms with van der Waals surface area (Å²) < 4.78 is 5.60. The van der Waals surface area contributed by atoms with Crippen LogP contribution in [-0.4, -0.2) is 42.1 Å². The van der Waals surface area contributed by atoms with Gasteiger partial charge in [-0.15, -0.1) is 0 Å². The Bertz CT molecular complexity index is 352. The molecule has 0 aromatic carbocycles. The number of aromatic nitrogens is 2. The molecule has 0 bridgehead atoms. The molecule has 0 aliphatic carbocycles. The minimum atomic E-state index is 0.506. The molecule has 0 fully saturated rings. The lowest BCUT2D eigenvalue weighted by atomic mass is 10.3. The highest BCUT2D eigenvalue weighted by Crippen LogP contribution is 2.19. The highest BCUT2D eigenvalue weighted by atomic mass is 16.5. The third kappa shape index (κ3) is 3.34. The summed E-state index contributed by atoms with van der Waals surface area (Å²) in [6.45, 7) is 5.33. The van der Waals surface area contributed by atoms with Crippen molar-refractivity contribution in [1.82, 2.24) is 14.9 Å². The van der Waals surface area contributed by atoms with E-state index in [-0.39, 0.29) is 0 Å². The smallest absolute Gasteiger partial charge is 0.221 e. The summed E-state index contributed by atoms with van der Waals surface area (Å²) in [7, 11) is 4.00. The number of nitrogen functional groups attached to an aromatic ring is 1. The molecule has 1 aromatic heterocycles. The fourth-order valence-corrected chi connectivity index (χ4v) is 1.18. The van der Waals surface area contributed by atoms with Crippen LogP contribution in [0.3, 0.4) is 0 Å². The van der Waals surface area contributed by atoms with Gasteiger partial charge in [0.25, 0.3) is 0 Å². The summed E-state index contributed by atoms with van der Waals surface area (Å²) in [6, 6.07) is 0. The van der Waals surface area contributed by atoms with Gasteiger partial charge in [-0.2, -0.15) is 4.98 Å². The SMILES string of the molecule is CCc1nc(N)c(C)c(OCCN(C)C)n1. The van der Waals surface area contributed by atoms with Crippen LogP contribution in [0.4, 0.5) is 5.82 Å². The molecule has 0 spiro atoms. The van der Waals surface area contributed by atoms with Gasteiger partial charge in [-0.05, 0) is 21.0 Å². The molecule has 0 amide bonds. The second-order valence-electron chi connectivity index (χ2n) is 3.96. The molecule has 0 saturated heterocycles. The molecule has 1 aromatic rings. The van der Waals surface area contributed by atoms with Gasteiger partial charge in [0.05, 0.1) is 5.56 Å². The maximum atomic E-state index is 5.79. The molecular weight excluding hydrogens is 204 g/mol. The van der Waals surface area contributed by atoms with Crippen LogP contribution in [0.25, 0.3) is 0 Å². The zero-order valence-electron chi connectivity index (χ0n) is 10.4. The number of rotatable bonds is 5. The first-order valence-electron chi connectivity index (χ1n) is 5.45. The molecule has 16 heavy (non-hydrogen) atoms. The van der Waals surface area contributed by atoms with Crippen LogP contribution in [0.1, 0.15) is 18.3 Å². The lowest BCUT2D eigenvalue weighted by molar-refractivity contribution is 0.251. The number of aryl methyl sites for hydroxylation is 1. The zero-order chi connectivity index (χ0) is 12.1. The van der Waals surface area contributed by atoms with Crippen molar-refractivity contribution >= 4 is 5.82 Å². The van der Waals surface area contributed by atoms with Gasteiger partial charge >= 0.3 is 0 Å². The maximum Gasteiger partial charge on any atom is 0.221 e. The van der Waals surface area contributed by atoms with E-state index in [2.05, 4.69) is 14.9 Å². The quantitative estimate of drug-likeness (QED) is 0.804. The van der Waals surface area contributed by atoms with Crippen LogP contribution >= 0.6 is 0 Å². The molecule has 2 N–H and O–H groups in total. The predicted octanol–water partition coefficient (Wildman–Crippen LogP) is 0.870. The third-order valence-corrected chi connectivity index (χ3v) is 2.28. The number of hydrogen-bond acceptors (Lipinski definition) is 5. The monoisotopic (exact) mass is 224 g/mol. The van der Waals surface area contributed by atoms with Crippen molar-refractivity contribution in [3.05, 3.63) is 11.4 Å². The normalized spacial score (nSPS) is 10.8.